The van der Waals surface area contributed by atoms with Crippen LogP contribution in [0.25, 0.3) is 0 Å². The third-order valence-corrected chi connectivity index (χ3v) is 7.94. The van der Waals surface area contributed by atoms with Crippen molar-refractivity contribution in [2.75, 3.05) is 39.3 Å². The van der Waals surface area contributed by atoms with Crippen molar-refractivity contribution < 1.29 is 39.8 Å². The molecule has 4 rings (SSSR count). The van der Waals surface area contributed by atoms with Gasteiger partial charge >= 0.3 is 6.36 Å². The number of ether oxygens (including phenoxy) is 2. The fourth-order valence-electron chi connectivity index (χ4n) is 4.16. The van der Waals surface area contributed by atoms with Gasteiger partial charge in [-0.1, -0.05) is 42.5 Å². The van der Waals surface area contributed by atoms with Crippen molar-refractivity contribution in [3.63, 3.8) is 0 Å². The first-order chi connectivity index (χ1) is 18.0. The summed E-state index contributed by atoms with van der Waals surface area (Å²) in [4.78, 5) is 1.70. The molecule has 1 saturated heterocycles. The quantitative estimate of drug-likeness (QED) is 0.348. The molecule has 0 N–H and O–H groups in total. The number of hydrogen-bond acceptors (Lipinski definition) is 5. The molecule has 0 unspecified atom stereocenters. The zero-order valence-electron chi connectivity index (χ0n) is 20.1. The number of piperazine rings is 1. The Labute approximate surface area is 217 Å². The molecule has 0 radical (unpaired) electrons. The molecule has 0 spiro atoms. The van der Waals surface area contributed by atoms with Crippen molar-refractivity contribution in [1.29, 1.82) is 0 Å². The summed E-state index contributed by atoms with van der Waals surface area (Å²) in [6.45, 7) is 1.72. The van der Waals surface area contributed by atoms with Gasteiger partial charge in [0.2, 0.25) is 10.0 Å². The van der Waals surface area contributed by atoms with Gasteiger partial charge in [0.05, 0.1) is 11.5 Å². The van der Waals surface area contributed by atoms with Gasteiger partial charge in [-0.2, -0.15) is 4.31 Å². The van der Waals surface area contributed by atoms with Crippen molar-refractivity contribution in [2.24, 2.45) is 0 Å². The molecule has 6 nitrogen and oxygen atoms in total. The van der Waals surface area contributed by atoms with E-state index in [1.165, 1.54) is 22.5 Å². The molecule has 3 aromatic rings. The first-order valence-corrected chi connectivity index (χ1v) is 13.2. The zero-order valence-corrected chi connectivity index (χ0v) is 20.9. The monoisotopic (exact) mass is 556 g/mol. The van der Waals surface area contributed by atoms with E-state index in [0.717, 1.165) is 29.8 Å². The first-order valence-electron chi connectivity index (χ1n) is 11.7. The van der Waals surface area contributed by atoms with Crippen LogP contribution < -0.4 is 4.74 Å². The van der Waals surface area contributed by atoms with E-state index in [2.05, 4.69) is 4.74 Å². The standard InChI is InChI=1S/C26H25F5N2O4S/c27-23-10-9-20(17-24(23)28)25(19-5-2-1-3-6-19)36-16-15-32-11-13-33(14-12-32)38(34,35)22-8-4-7-21(18-22)37-26(29,30)31/h1-10,17-18,25H,11-16H2/t25-/m1/s1. The van der Waals surface area contributed by atoms with Crippen LogP contribution in [0, 0.1) is 11.6 Å². The Morgan fingerprint density at radius 2 is 1.53 bits per heavy atom. The number of benzene rings is 3. The van der Waals surface area contributed by atoms with Gasteiger partial charge < -0.3 is 9.47 Å². The highest BCUT2D eigenvalue weighted by molar-refractivity contribution is 7.89. The van der Waals surface area contributed by atoms with Crippen LogP contribution in [-0.2, 0) is 14.8 Å². The minimum absolute atomic E-state index is 0.137. The lowest BCUT2D eigenvalue weighted by atomic mass is 10.0. The maximum atomic E-state index is 13.9. The van der Waals surface area contributed by atoms with E-state index in [9.17, 15) is 30.4 Å². The molecule has 1 fully saturated rings. The Morgan fingerprint density at radius 1 is 0.816 bits per heavy atom. The first kappa shape index (κ1) is 28.0. The van der Waals surface area contributed by atoms with Crippen molar-refractivity contribution >= 4 is 10.0 Å². The minimum Gasteiger partial charge on any atom is -0.406 e. The summed E-state index contributed by atoms with van der Waals surface area (Å²) in [5, 5.41) is 0. The largest absolute Gasteiger partial charge is 0.573 e. The van der Waals surface area contributed by atoms with E-state index >= 15 is 0 Å². The summed E-state index contributed by atoms with van der Waals surface area (Å²) in [5.41, 5.74) is 1.23. The number of rotatable bonds is 9. The predicted molar refractivity (Wildman–Crippen MR) is 129 cm³/mol. The summed E-state index contributed by atoms with van der Waals surface area (Å²) in [6, 6.07) is 17.0. The second kappa shape index (κ2) is 11.8. The van der Waals surface area contributed by atoms with E-state index < -0.39 is 39.9 Å². The van der Waals surface area contributed by atoms with Crippen molar-refractivity contribution in [3.8, 4) is 5.75 Å². The number of halogens is 5. The Hall–Kier alpha value is -3.06. The van der Waals surface area contributed by atoms with E-state index in [-0.39, 0.29) is 24.6 Å². The molecular formula is C26H25F5N2O4S. The average Bonchev–Trinajstić information content (AvgIpc) is 2.88. The van der Waals surface area contributed by atoms with E-state index in [1.807, 2.05) is 35.2 Å². The maximum Gasteiger partial charge on any atom is 0.573 e. The van der Waals surface area contributed by atoms with Crippen molar-refractivity contribution in [1.82, 2.24) is 9.21 Å². The van der Waals surface area contributed by atoms with Gasteiger partial charge in [-0.05, 0) is 35.4 Å². The van der Waals surface area contributed by atoms with Gasteiger partial charge in [-0.25, -0.2) is 17.2 Å². The molecule has 0 saturated carbocycles. The Balaban J connectivity index is 1.35. The van der Waals surface area contributed by atoms with Crippen LogP contribution in [0.5, 0.6) is 5.75 Å². The molecule has 0 aliphatic carbocycles. The second-order valence-corrected chi connectivity index (χ2v) is 10.5. The normalized spacial score (nSPS) is 16.3. The van der Waals surface area contributed by atoms with E-state index in [4.69, 9.17) is 4.74 Å². The summed E-state index contributed by atoms with van der Waals surface area (Å²) < 4.78 is 102. The molecule has 0 amide bonds. The predicted octanol–water partition coefficient (Wildman–Crippen LogP) is 4.98. The summed E-state index contributed by atoms with van der Waals surface area (Å²) in [6.07, 6.45) is -5.56. The summed E-state index contributed by atoms with van der Waals surface area (Å²) in [5.74, 6) is -2.53. The highest BCUT2D eigenvalue weighted by Gasteiger charge is 2.33. The third kappa shape index (κ3) is 7.07. The summed E-state index contributed by atoms with van der Waals surface area (Å²) >= 11 is 0. The van der Waals surface area contributed by atoms with Gasteiger partial charge in [0.25, 0.3) is 0 Å². The van der Waals surface area contributed by atoms with E-state index in [0.29, 0.717) is 25.2 Å². The lowest BCUT2D eigenvalue weighted by Gasteiger charge is -2.34. The fourth-order valence-corrected chi connectivity index (χ4v) is 5.62. The highest BCUT2D eigenvalue weighted by Crippen LogP contribution is 2.28. The third-order valence-electron chi connectivity index (χ3n) is 6.05. The molecular weight excluding hydrogens is 531 g/mol. The molecule has 38 heavy (non-hydrogen) atoms. The van der Waals surface area contributed by atoms with E-state index in [1.54, 1.807) is 0 Å². The van der Waals surface area contributed by atoms with Crippen molar-refractivity contribution in [2.45, 2.75) is 17.4 Å². The molecule has 12 heteroatoms. The topological polar surface area (TPSA) is 59.1 Å². The fraction of sp³-hybridized carbons (Fsp3) is 0.308. The summed E-state index contributed by atoms with van der Waals surface area (Å²) in [7, 11) is -4.02. The highest BCUT2D eigenvalue weighted by atomic mass is 32.2. The van der Waals surface area contributed by atoms with Gasteiger partial charge in [0.15, 0.2) is 11.6 Å². The SMILES string of the molecule is O=S(=O)(c1cccc(OC(F)(F)F)c1)N1CCN(CCO[C@H](c2ccccc2)c2ccc(F)c(F)c2)CC1. The molecule has 204 valence electrons. The van der Waals surface area contributed by atoms with Gasteiger partial charge in [0, 0.05) is 38.8 Å². The molecule has 1 atom stereocenters. The van der Waals surface area contributed by atoms with Crippen molar-refractivity contribution in [3.05, 3.63) is 95.6 Å². The number of hydrogen-bond donors (Lipinski definition) is 0. The van der Waals surface area contributed by atoms with Crippen LogP contribution in [0.2, 0.25) is 0 Å². The van der Waals surface area contributed by atoms with Gasteiger partial charge in [0.1, 0.15) is 11.9 Å². The van der Waals surface area contributed by atoms with Crippen LogP contribution in [0.15, 0.2) is 77.7 Å². The Morgan fingerprint density at radius 3 is 2.18 bits per heavy atom. The second-order valence-electron chi connectivity index (χ2n) is 8.60. The van der Waals surface area contributed by atoms with Crippen LogP contribution in [0.4, 0.5) is 22.0 Å². The smallest absolute Gasteiger partial charge is 0.406 e. The Bertz CT molecular complexity index is 1330. The molecule has 3 aromatic carbocycles. The average molecular weight is 557 g/mol. The number of alkyl halides is 3. The number of nitrogens with zero attached hydrogens (tertiary/aromatic N) is 2. The lowest BCUT2D eigenvalue weighted by molar-refractivity contribution is -0.274. The van der Waals surface area contributed by atoms with Crippen LogP contribution in [-0.4, -0.2) is 63.3 Å². The maximum absolute atomic E-state index is 13.9. The Kier molecular flexibility index (Phi) is 8.66. The van der Waals surface area contributed by atoms with Crippen LogP contribution >= 0.6 is 0 Å². The molecule has 1 aliphatic rings. The lowest BCUT2D eigenvalue weighted by Crippen LogP contribution is -2.49. The van der Waals surface area contributed by atoms with Gasteiger partial charge in [-0.15, -0.1) is 13.2 Å². The molecule has 1 heterocycles. The minimum atomic E-state index is -4.93. The van der Waals surface area contributed by atoms with Crippen LogP contribution in [0.3, 0.4) is 0 Å². The van der Waals surface area contributed by atoms with Crippen LogP contribution in [0.1, 0.15) is 17.2 Å². The number of sulfonamides is 1. The molecule has 0 aromatic heterocycles. The zero-order chi connectivity index (χ0) is 27.3. The van der Waals surface area contributed by atoms with Gasteiger partial charge in [-0.3, -0.25) is 4.90 Å². The molecule has 0 bridgehead atoms. The molecule has 1 aliphatic heterocycles.